The first-order valence-corrected chi connectivity index (χ1v) is 6.87. The second-order valence-electron chi connectivity index (χ2n) is 5.69. The summed E-state index contributed by atoms with van der Waals surface area (Å²) in [7, 11) is 2.24. The molecule has 2 heterocycles. The summed E-state index contributed by atoms with van der Waals surface area (Å²) < 4.78 is 0. The van der Waals surface area contributed by atoms with Crippen LogP contribution in [-0.2, 0) is 6.54 Å². The van der Waals surface area contributed by atoms with E-state index in [-0.39, 0.29) is 5.54 Å². The second kappa shape index (κ2) is 4.13. The summed E-state index contributed by atoms with van der Waals surface area (Å²) in [6.45, 7) is 8.91. The predicted octanol–water partition coefficient (Wildman–Crippen LogP) is 2.87. The SMILES string of the molecule is C=C1N(Cc2ccccc2)C(C)C12CCCN2C. The topological polar surface area (TPSA) is 6.48 Å². The molecular weight excluding hydrogens is 220 g/mol. The Hall–Kier alpha value is -1.28. The average molecular weight is 242 g/mol. The van der Waals surface area contributed by atoms with E-state index in [0.717, 1.165) is 6.54 Å². The standard InChI is InChI=1S/C16H22N2/c1-13-16(10-7-11-17(16)3)14(2)18(13)12-15-8-5-4-6-9-15/h4-6,8-9,14H,1,7,10-12H2,2-3H3. The van der Waals surface area contributed by atoms with E-state index in [1.54, 1.807) is 0 Å². The highest BCUT2D eigenvalue weighted by Gasteiger charge is 2.57. The maximum atomic E-state index is 4.36. The van der Waals surface area contributed by atoms with E-state index in [9.17, 15) is 0 Å². The lowest BCUT2D eigenvalue weighted by molar-refractivity contribution is -0.0200. The third-order valence-electron chi connectivity index (χ3n) is 4.93. The Morgan fingerprint density at radius 3 is 2.61 bits per heavy atom. The van der Waals surface area contributed by atoms with E-state index in [4.69, 9.17) is 0 Å². The van der Waals surface area contributed by atoms with Crippen LogP contribution in [0.1, 0.15) is 25.3 Å². The lowest BCUT2D eigenvalue weighted by Crippen LogP contribution is -2.69. The number of benzene rings is 1. The number of likely N-dealkylation sites (N-methyl/N-ethyl adjacent to an activating group) is 1. The number of hydrogen-bond donors (Lipinski definition) is 0. The summed E-state index contributed by atoms with van der Waals surface area (Å²) in [5.74, 6) is 0. The molecule has 2 heteroatoms. The molecule has 1 aromatic carbocycles. The normalized spacial score (nSPS) is 32.0. The van der Waals surface area contributed by atoms with E-state index < -0.39 is 0 Å². The van der Waals surface area contributed by atoms with Crippen molar-refractivity contribution in [2.75, 3.05) is 13.6 Å². The number of rotatable bonds is 2. The summed E-state index contributed by atoms with van der Waals surface area (Å²) >= 11 is 0. The largest absolute Gasteiger partial charge is 0.364 e. The lowest BCUT2D eigenvalue weighted by Gasteiger charge is -2.60. The molecule has 3 rings (SSSR count). The second-order valence-corrected chi connectivity index (χ2v) is 5.69. The van der Waals surface area contributed by atoms with E-state index >= 15 is 0 Å². The quantitative estimate of drug-likeness (QED) is 0.787. The minimum Gasteiger partial charge on any atom is -0.364 e. The van der Waals surface area contributed by atoms with Gasteiger partial charge in [-0.3, -0.25) is 4.90 Å². The van der Waals surface area contributed by atoms with Crippen LogP contribution in [0.15, 0.2) is 42.6 Å². The number of likely N-dealkylation sites (tertiary alicyclic amines) is 2. The minimum atomic E-state index is 0.259. The Morgan fingerprint density at radius 2 is 2.06 bits per heavy atom. The molecule has 2 aliphatic rings. The molecule has 1 spiro atoms. The van der Waals surface area contributed by atoms with Crippen LogP contribution in [0, 0.1) is 0 Å². The highest BCUT2D eigenvalue weighted by Crippen LogP contribution is 2.49. The fourth-order valence-electron chi connectivity index (χ4n) is 3.80. The van der Waals surface area contributed by atoms with Crippen molar-refractivity contribution in [2.45, 2.75) is 37.9 Å². The van der Waals surface area contributed by atoms with Crippen molar-refractivity contribution in [3.05, 3.63) is 48.2 Å². The number of hydrogen-bond acceptors (Lipinski definition) is 2. The molecule has 1 aromatic rings. The van der Waals surface area contributed by atoms with Gasteiger partial charge in [0.15, 0.2) is 0 Å². The van der Waals surface area contributed by atoms with Gasteiger partial charge in [0.1, 0.15) is 0 Å². The van der Waals surface area contributed by atoms with Crippen LogP contribution < -0.4 is 0 Å². The van der Waals surface area contributed by atoms with Crippen molar-refractivity contribution in [3.63, 3.8) is 0 Å². The molecule has 0 aromatic heterocycles. The van der Waals surface area contributed by atoms with Crippen LogP contribution >= 0.6 is 0 Å². The van der Waals surface area contributed by atoms with Gasteiger partial charge in [-0.05, 0) is 38.9 Å². The summed E-state index contributed by atoms with van der Waals surface area (Å²) in [5, 5.41) is 0. The summed E-state index contributed by atoms with van der Waals surface area (Å²) in [4.78, 5) is 4.96. The molecule has 2 atom stereocenters. The minimum absolute atomic E-state index is 0.259. The Bertz CT molecular complexity index is 453. The zero-order chi connectivity index (χ0) is 12.8. The van der Waals surface area contributed by atoms with Gasteiger partial charge < -0.3 is 4.90 Å². The molecule has 0 radical (unpaired) electrons. The number of nitrogens with zero attached hydrogens (tertiary/aromatic N) is 2. The molecule has 2 nitrogen and oxygen atoms in total. The maximum Gasteiger partial charge on any atom is 0.0805 e. The van der Waals surface area contributed by atoms with Crippen LogP contribution in [0.5, 0.6) is 0 Å². The van der Waals surface area contributed by atoms with Gasteiger partial charge in [0.05, 0.1) is 11.6 Å². The monoisotopic (exact) mass is 242 g/mol. The molecular formula is C16H22N2. The van der Waals surface area contributed by atoms with E-state index in [2.05, 4.69) is 60.7 Å². The van der Waals surface area contributed by atoms with Gasteiger partial charge in [-0.1, -0.05) is 36.9 Å². The Labute approximate surface area is 110 Å². The Balaban J connectivity index is 1.76. The summed E-state index contributed by atoms with van der Waals surface area (Å²) in [6.07, 6.45) is 2.58. The maximum absolute atomic E-state index is 4.36. The lowest BCUT2D eigenvalue weighted by atomic mass is 9.75. The molecule has 2 fully saturated rings. The molecule has 96 valence electrons. The van der Waals surface area contributed by atoms with E-state index in [0.29, 0.717) is 6.04 Å². The molecule has 2 aliphatic heterocycles. The van der Waals surface area contributed by atoms with Gasteiger partial charge in [0, 0.05) is 12.2 Å². The average Bonchev–Trinajstić information content (AvgIpc) is 2.80. The molecule has 0 N–H and O–H groups in total. The third-order valence-corrected chi connectivity index (χ3v) is 4.93. The first-order chi connectivity index (χ1) is 8.66. The molecule has 0 bridgehead atoms. The van der Waals surface area contributed by atoms with Crippen molar-refractivity contribution in [1.29, 1.82) is 0 Å². The summed E-state index contributed by atoms with van der Waals surface area (Å²) in [5.41, 5.74) is 2.95. The fraction of sp³-hybridized carbons (Fsp3) is 0.500. The van der Waals surface area contributed by atoms with Crippen LogP contribution in [-0.4, -0.2) is 35.0 Å². The zero-order valence-corrected chi connectivity index (χ0v) is 11.4. The van der Waals surface area contributed by atoms with Crippen LogP contribution in [0.4, 0.5) is 0 Å². The van der Waals surface area contributed by atoms with Crippen LogP contribution in [0.3, 0.4) is 0 Å². The van der Waals surface area contributed by atoms with Gasteiger partial charge in [0.25, 0.3) is 0 Å². The third kappa shape index (κ3) is 1.45. The van der Waals surface area contributed by atoms with Crippen molar-refractivity contribution in [2.24, 2.45) is 0 Å². The Morgan fingerprint density at radius 1 is 1.33 bits per heavy atom. The molecule has 2 unspecified atom stereocenters. The first kappa shape index (κ1) is 11.8. The molecule has 2 saturated heterocycles. The smallest absolute Gasteiger partial charge is 0.0805 e. The Kier molecular flexibility index (Phi) is 2.70. The molecule has 0 saturated carbocycles. The zero-order valence-electron chi connectivity index (χ0n) is 11.4. The van der Waals surface area contributed by atoms with Crippen molar-refractivity contribution in [1.82, 2.24) is 9.80 Å². The van der Waals surface area contributed by atoms with Gasteiger partial charge in [-0.2, -0.15) is 0 Å². The molecule has 0 aliphatic carbocycles. The van der Waals surface area contributed by atoms with Crippen molar-refractivity contribution >= 4 is 0 Å². The van der Waals surface area contributed by atoms with Gasteiger partial charge in [-0.15, -0.1) is 0 Å². The predicted molar refractivity (Wildman–Crippen MR) is 75.2 cm³/mol. The van der Waals surface area contributed by atoms with E-state index in [1.807, 2.05) is 0 Å². The van der Waals surface area contributed by atoms with Crippen molar-refractivity contribution in [3.8, 4) is 0 Å². The fourth-order valence-corrected chi connectivity index (χ4v) is 3.80. The highest BCUT2D eigenvalue weighted by atomic mass is 15.4. The molecule has 0 amide bonds. The molecule has 18 heavy (non-hydrogen) atoms. The van der Waals surface area contributed by atoms with Crippen LogP contribution in [0.25, 0.3) is 0 Å². The van der Waals surface area contributed by atoms with Gasteiger partial charge in [0.2, 0.25) is 0 Å². The highest BCUT2D eigenvalue weighted by molar-refractivity contribution is 5.34. The first-order valence-electron chi connectivity index (χ1n) is 6.87. The van der Waals surface area contributed by atoms with E-state index in [1.165, 1.54) is 30.6 Å². The summed E-state index contributed by atoms with van der Waals surface area (Å²) in [6, 6.07) is 11.3. The van der Waals surface area contributed by atoms with Crippen molar-refractivity contribution < 1.29 is 0 Å². The van der Waals surface area contributed by atoms with Gasteiger partial charge in [-0.25, -0.2) is 0 Å². The van der Waals surface area contributed by atoms with Gasteiger partial charge >= 0.3 is 0 Å². The van der Waals surface area contributed by atoms with Crippen LogP contribution in [0.2, 0.25) is 0 Å².